The van der Waals surface area contributed by atoms with Gasteiger partial charge < -0.3 is 14.4 Å². The van der Waals surface area contributed by atoms with Crippen LogP contribution in [0.25, 0.3) is 11.1 Å². The molecule has 5 nitrogen and oxygen atoms in total. The zero-order valence-electron chi connectivity index (χ0n) is 24.3. The Bertz CT molecular complexity index is 970. The van der Waals surface area contributed by atoms with Gasteiger partial charge in [-0.1, -0.05) is 102 Å². The van der Waals surface area contributed by atoms with Crippen LogP contribution in [-0.4, -0.2) is 42.6 Å². The van der Waals surface area contributed by atoms with Gasteiger partial charge in [-0.25, -0.2) is 4.79 Å². The molecule has 0 N–H and O–H groups in total. The van der Waals surface area contributed by atoms with Crippen molar-refractivity contribution in [2.75, 3.05) is 19.8 Å². The number of carbonyl (C=O) groups excluding carboxylic acids is 2. The zero-order valence-corrected chi connectivity index (χ0v) is 24.3. The SMILES string of the molecule is CCCCCCCCOC(=O)[C@@H]1CCCN1C(=O)c1ccc(-c2ccc(OCCCCCCCC)cc2)cc1. The molecule has 1 saturated heterocycles. The monoisotopic (exact) mass is 535 g/mol. The molecular weight excluding hydrogens is 486 g/mol. The van der Waals surface area contributed by atoms with E-state index in [1.54, 1.807) is 4.90 Å². The Morgan fingerprint density at radius 3 is 1.87 bits per heavy atom. The van der Waals surface area contributed by atoms with Crippen LogP contribution >= 0.6 is 0 Å². The number of carbonyl (C=O) groups is 2. The van der Waals surface area contributed by atoms with E-state index in [1.165, 1.54) is 57.8 Å². The predicted molar refractivity (Wildman–Crippen MR) is 159 cm³/mol. The molecule has 1 fully saturated rings. The van der Waals surface area contributed by atoms with Crippen LogP contribution in [0.15, 0.2) is 48.5 Å². The summed E-state index contributed by atoms with van der Waals surface area (Å²) in [4.78, 5) is 27.6. The number of amides is 1. The van der Waals surface area contributed by atoms with Crippen LogP contribution in [0, 0.1) is 0 Å². The fraction of sp³-hybridized carbons (Fsp3) is 0.588. The fourth-order valence-electron chi connectivity index (χ4n) is 5.19. The summed E-state index contributed by atoms with van der Waals surface area (Å²) in [6, 6.07) is 15.3. The standard InChI is InChI=1S/C34H49NO4/c1-3-5-7-9-11-13-26-38-31-23-21-29(22-24-31)28-17-19-30(20-18-28)33(36)35-25-15-16-32(35)34(37)39-27-14-12-10-8-6-4-2/h17-24,32H,3-16,25-27H2,1-2H3/t32-/m0/s1. The average molecular weight is 536 g/mol. The fourth-order valence-corrected chi connectivity index (χ4v) is 5.19. The highest BCUT2D eigenvalue weighted by Crippen LogP contribution is 2.25. The molecule has 1 heterocycles. The Morgan fingerprint density at radius 1 is 0.718 bits per heavy atom. The quantitative estimate of drug-likeness (QED) is 0.142. The lowest BCUT2D eigenvalue weighted by Crippen LogP contribution is -2.41. The van der Waals surface area contributed by atoms with Gasteiger partial charge in [-0.3, -0.25) is 4.79 Å². The van der Waals surface area contributed by atoms with Crippen molar-refractivity contribution in [3.63, 3.8) is 0 Å². The van der Waals surface area contributed by atoms with Crippen LogP contribution in [0.2, 0.25) is 0 Å². The number of hydrogen-bond acceptors (Lipinski definition) is 4. The van der Waals surface area contributed by atoms with Crippen LogP contribution < -0.4 is 4.74 Å². The van der Waals surface area contributed by atoms with E-state index in [1.807, 2.05) is 36.4 Å². The van der Waals surface area contributed by atoms with Crippen LogP contribution in [0.5, 0.6) is 5.75 Å². The van der Waals surface area contributed by atoms with Gasteiger partial charge in [-0.2, -0.15) is 0 Å². The minimum absolute atomic E-state index is 0.0981. The number of unbranched alkanes of at least 4 members (excludes halogenated alkanes) is 10. The summed E-state index contributed by atoms with van der Waals surface area (Å²) in [7, 11) is 0. The second kappa shape index (κ2) is 17.7. The summed E-state index contributed by atoms with van der Waals surface area (Å²) < 4.78 is 11.4. The predicted octanol–water partition coefficient (Wildman–Crippen LogP) is 8.60. The lowest BCUT2D eigenvalue weighted by Gasteiger charge is -2.23. The molecule has 1 aliphatic rings. The Hall–Kier alpha value is -2.82. The number of benzene rings is 2. The summed E-state index contributed by atoms with van der Waals surface area (Å²) in [5.74, 6) is 0.534. The van der Waals surface area contributed by atoms with Crippen molar-refractivity contribution in [2.45, 2.75) is 110 Å². The molecule has 1 atom stereocenters. The van der Waals surface area contributed by atoms with Crippen molar-refractivity contribution < 1.29 is 19.1 Å². The second-order valence-corrected chi connectivity index (χ2v) is 10.8. The highest BCUT2D eigenvalue weighted by Gasteiger charge is 2.35. The van der Waals surface area contributed by atoms with Crippen LogP contribution in [-0.2, 0) is 9.53 Å². The first-order valence-electron chi connectivity index (χ1n) is 15.4. The van der Waals surface area contributed by atoms with E-state index in [0.717, 1.165) is 49.2 Å². The lowest BCUT2D eigenvalue weighted by molar-refractivity contribution is -0.148. The van der Waals surface area contributed by atoms with Gasteiger partial charge >= 0.3 is 5.97 Å². The number of hydrogen-bond donors (Lipinski definition) is 0. The molecule has 0 unspecified atom stereocenters. The number of likely N-dealkylation sites (tertiary alicyclic amines) is 1. The summed E-state index contributed by atoms with van der Waals surface area (Å²) in [5, 5.41) is 0. The number of nitrogens with zero attached hydrogens (tertiary/aromatic N) is 1. The maximum Gasteiger partial charge on any atom is 0.328 e. The molecule has 0 spiro atoms. The Kier molecular flexibility index (Phi) is 13.9. The lowest BCUT2D eigenvalue weighted by atomic mass is 10.0. The van der Waals surface area contributed by atoms with Gasteiger partial charge in [0.25, 0.3) is 5.91 Å². The first kappa shape index (κ1) is 30.7. The van der Waals surface area contributed by atoms with Gasteiger partial charge in [-0.05, 0) is 61.1 Å². The van der Waals surface area contributed by atoms with Crippen molar-refractivity contribution in [3.8, 4) is 16.9 Å². The van der Waals surface area contributed by atoms with E-state index in [-0.39, 0.29) is 11.9 Å². The molecule has 1 aliphatic heterocycles. The van der Waals surface area contributed by atoms with Crippen molar-refractivity contribution in [1.29, 1.82) is 0 Å². The molecule has 214 valence electrons. The molecule has 2 aromatic rings. The number of ether oxygens (including phenoxy) is 2. The summed E-state index contributed by atoms with van der Waals surface area (Å²) >= 11 is 0. The van der Waals surface area contributed by atoms with Crippen molar-refractivity contribution in [3.05, 3.63) is 54.1 Å². The second-order valence-electron chi connectivity index (χ2n) is 10.8. The van der Waals surface area contributed by atoms with E-state index in [2.05, 4.69) is 26.0 Å². The molecular formula is C34H49NO4. The molecule has 2 aromatic carbocycles. The van der Waals surface area contributed by atoms with Gasteiger partial charge in [0.05, 0.1) is 13.2 Å². The van der Waals surface area contributed by atoms with Gasteiger partial charge in [0.1, 0.15) is 11.8 Å². The largest absolute Gasteiger partial charge is 0.494 e. The van der Waals surface area contributed by atoms with E-state index in [4.69, 9.17) is 9.47 Å². The van der Waals surface area contributed by atoms with Crippen molar-refractivity contribution in [2.24, 2.45) is 0 Å². The van der Waals surface area contributed by atoms with Gasteiger partial charge in [-0.15, -0.1) is 0 Å². The Morgan fingerprint density at radius 2 is 1.26 bits per heavy atom. The van der Waals surface area contributed by atoms with E-state index in [9.17, 15) is 9.59 Å². The van der Waals surface area contributed by atoms with Crippen molar-refractivity contribution >= 4 is 11.9 Å². The first-order valence-corrected chi connectivity index (χ1v) is 15.4. The van der Waals surface area contributed by atoms with Crippen LogP contribution in [0.1, 0.15) is 114 Å². The molecule has 5 heteroatoms. The summed E-state index contributed by atoms with van der Waals surface area (Å²) in [6.07, 6.45) is 15.9. The molecule has 0 aliphatic carbocycles. The molecule has 0 aromatic heterocycles. The summed E-state index contributed by atoms with van der Waals surface area (Å²) in [6.45, 7) is 6.24. The number of rotatable bonds is 18. The van der Waals surface area contributed by atoms with E-state index < -0.39 is 6.04 Å². The molecule has 0 radical (unpaired) electrons. The van der Waals surface area contributed by atoms with E-state index in [0.29, 0.717) is 25.1 Å². The smallest absolute Gasteiger partial charge is 0.328 e. The maximum atomic E-state index is 13.2. The third-order valence-corrected chi connectivity index (χ3v) is 7.61. The van der Waals surface area contributed by atoms with E-state index >= 15 is 0 Å². The third-order valence-electron chi connectivity index (χ3n) is 7.61. The minimum Gasteiger partial charge on any atom is -0.494 e. The minimum atomic E-state index is -0.471. The van der Waals surface area contributed by atoms with Crippen LogP contribution in [0.4, 0.5) is 0 Å². The molecule has 39 heavy (non-hydrogen) atoms. The average Bonchev–Trinajstić information content (AvgIpc) is 3.46. The molecule has 0 saturated carbocycles. The Balaban J connectivity index is 1.44. The maximum absolute atomic E-state index is 13.2. The molecule has 3 rings (SSSR count). The zero-order chi connectivity index (χ0) is 27.7. The third kappa shape index (κ3) is 10.3. The number of esters is 1. The Labute approximate surface area is 236 Å². The van der Waals surface area contributed by atoms with Gasteiger partial charge in [0.2, 0.25) is 0 Å². The summed E-state index contributed by atoms with van der Waals surface area (Å²) in [5.41, 5.74) is 2.73. The van der Waals surface area contributed by atoms with Crippen molar-refractivity contribution in [1.82, 2.24) is 4.90 Å². The first-order chi connectivity index (χ1) is 19.1. The topological polar surface area (TPSA) is 55.8 Å². The molecule has 1 amide bonds. The van der Waals surface area contributed by atoms with Crippen LogP contribution in [0.3, 0.4) is 0 Å². The highest BCUT2D eigenvalue weighted by molar-refractivity contribution is 5.97. The normalized spacial score (nSPS) is 14.9. The van der Waals surface area contributed by atoms with Gasteiger partial charge in [0.15, 0.2) is 0 Å². The highest BCUT2D eigenvalue weighted by atomic mass is 16.5. The van der Waals surface area contributed by atoms with Gasteiger partial charge in [0, 0.05) is 12.1 Å². The molecule has 0 bridgehead atoms.